The van der Waals surface area contributed by atoms with E-state index in [0.717, 1.165) is 11.5 Å². The highest BCUT2D eigenvalue weighted by Gasteiger charge is 2.14. The molecule has 0 unspecified atom stereocenters. The highest BCUT2D eigenvalue weighted by Crippen LogP contribution is 2.06. The second-order valence-electron chi connectivity index (χ2n) is 3.78. The van der Waals surface area contributed by atoms with Gasteiger partial charge in [-0.3, -0.25) is 9.78 Å². The minimum atomic E-state index is -0.172. The number of hydrogen-bond acceptors (Lipinski definition) is 4. The number of furan rings is 1. The number of hydrogen-bond donors (Lipinski definition) is 0. The summed E-state index contributed by atoms with van der Waals surface area (Å²) in [5, 5.41) is 0. The van der Waals surface area contributed by atoms with Crippen LogP contribution in [0.1, 0.15) is 21.9 Å². The van der Waals surface area contributed by atoms with E-state index in [1.54, 1.807) is 25.6 Å². The molecule has 17 heavy (non-hydrogen) atoms. The number of carbonyl (C=O) groups excluding carboxylic acids is 1. The fraction of sp³-hybridized carbons (Fsp3) is 0.250. The first-order valence-electron chi connectivity index (χ1n) is 5.23. The van der Waals surface area contributed by atoms with Gasteiger partial charge in [-0.25, -0.2) is 4.98 Å². The van der Waals surface area contributed by atoms with Gasteiger partial charge in [-0.05, 0) is 19.1 Å². The van der Waals surface area contributed by atoms with Crippen LogP contribution in [0.4, 0.5) is 0 Å². The van der Waals surface area contributed by atoms with E-state index >= 15 is 0 Å². The van der Waals surface area contributed by atoms with Crippen molar-refractivity contribution in [3.63, 3.8) is 0 Å². The summed E-state index contributed by atoms with van der Waals surface area (Å²) in [6.07, 6.45) is 4.64. The van der Waals surface area contributed by atoms with Gasteiger partial charge in [-0.2, -0.15) is 0 Å². The average Bonchev–Trinajstić information content (AvgIpc) is 2.82. The van der Waals surface area contributed by atoms with Crippen LogP contribution in [-0.4, -0.2) is 27.8 Å². The van der Waals surface area contributed by atoms with Gasteiger partial charge in [-0.1, -0.05) is 0 Å². The first-order chi connectivity index (χ1) is 8.16. The number of rotatable bonds is 3. The first kappa shape index (κ1) is 11.3. The van der Waals surface area contributed by atoms with Gasteiger partial charge >= 0.3 is 0 Å². The zero-order chi connectivity index (χ0) is 12.3. The molecule has 0 saturated heterocycles. The van der Waals surface area contributed by atoms with Crippen LogP contribution in [-0.2, 0) is 6.54 Å². The Balaban J connectivity index is 2.07. The van der Waals surface area contributed by atoms with Crippen molar-refractivity contribution in [2.75, 3.05) is 7.05 Å². The molecule has 0 aliphatic heterocycles. The maximum absolute atomic E-state index is 12.0. The molecule has 0 atom stereocenters. The molecule has 1 amide bonds. The summed E-state index contributed by atoms with van der Waals surface area (Å²) in [6, 6.07) is 3.62. The number of aryl methyl sites for hydroxylation is 1. The van der Waals surface area contributed by atoms with E-state index in [0.29, 0.717) is 12.2 Å². The standard InChI is InChI=1S/C12H13N3O2/c1-9-6-14-11(7-13-9)12(16)15(2)8-10-4-3-5-17-10/h3-7H,8H2,1-2H3. The maximum atomic E-state index is 12.0. The molecule has 0 N–H and O–H groups in total. The lowest BCUT2D eigenvalue weighted by atomic mass is 10.3. The van der Waals surface area contributed by atoms with Crippen LogP contribution in [0, 0.1) is 6.92 Å². The third kappa shape index (κ3) is 2.69. The van der Waals surface area contributed by atoms with E-state index in [-0.39, 0.29) is 5.91 Å². The van der Waals surface area contributed by atoms with Crippen LogP contribution in [0.2, 0.25) is 0 Å². The van der Waals surface area contributed by atoms with Gasteiger partial charge in [0.15, 0.2) is 0 Å². The Morgan fingerprint density at radius 1 is 1.41 bits per heavy atom. The molecule has 2 heterocycles. The lowest BCUT2D eigenvalue weighted by Gasteiger charge is -2.14. The minimum Gasteiger partial charge on any atom is -0.467 e. The van der Waals surface area contributed by atoms with Crippen LogP contribution in [0.25, 0.3) is 0 Å². The normalized spacial score (nSPS) is 10.2. The van der Waals surface area contributed by atoms with Crippen molar-refractivity contribution < 1.29 is 9.21 Å². The van der Waals surface area contributed by atoms with E-state index in [1.807, 2.05) is 13.0 Å². The fourth-order valence-corrected chi connectivity index (χ4v) is 1.41. The topological polar surface area (TPSA) is 59.2 Å². The SMILES string of the molecule is Cc1cnc(C(=O)N(C)Cc2ccco2)cn1. The second-order valence-corrected chi connectivity index (χ2v) is 3.78. The van der Waals surface area contributed by atoms with Crippen LogP contribution < -0.4 is 0 Å². The molecule has 2 rings (SSSR count). The van der Waals surface area contributed by atoms with Crippen molar-refractivity contribution in [3.8, 4) is 0 Å². The van der Waals surface area contributed by atoms with Crippen molar-refractivity contribution >= 4 is 5.91 Å². The summed E-state index contributed by atoms with van der Waals surface area (Å²) >= 11 is 0. The van der Waals surface area contributed by atoms with Crippen molar-refractivity contribution in [1.29, 1.82) is 0 Å². The number of nitrogens with zero attached hydrogens (tertiary/aromatic N) is 3. The summed E-state index contributed by atoms with van der Waals surface area (Å²) in [6.45, 7) is 2.25. The van der Waals surface area contributed by atoms with Crippen LogP contribution in [0.15, 0.2) is 35.2 Å². The second kappa shape index (κ2) is 4.78. The van der Waals surface area contributed by atoms with E-state index < -0.39 is 0 Å². The van der Waals surface area contributed by atoms with Gasteiger partial charge in [0.2, 0.25) is 0 Å². The predicted octanol–water partition coefficient (Wildman–Crippen LogP) is 1.65. The molecule has 0 aliphatic carbocycles. The first-order valence-corrected chi connectivity index (χ1v) is 5.23. The van der Waals surface area contributed by atoms with Gasteiger partial charge in [0.1, 0.15) is 11.5 Å². The van der Waals surface area contributed by atoms with Crippen molar-refractivity contribution in [2.45, 2.75) is 13.5 Å². The molecular weight excluding hydrogens is 218 g/mol. The van der Waals surface area contributed by atoms with Gasteiger partial charge < -0.3 is 9.32 Å². The summed E-state index contributed by atoms with van der Waals surface area (Å²) in [5.74, 6) is 0.565. The van der Waals surface area contributed by atoms with E-state index in [4.69, 9.17) is 4.42 Å². The number of amides is 1. The van der Waals surface area contributed by atoms with Crippen molar-refractivity contribution in [3.05, 3.63) is 47.9 Å². The number of aromatic nitrogens is 2. The maximum Gasteiger partial charge on any atom is 0.274 e. The summed E-state index contributed by atoms with van der Waals surface area (Å²) in [4.78, 5) is 21.6. The number of carbonyl (C=O) groups is 1. The van der Waals surface area contributed by atoms with Gasteiger partial charge in [0, 0.05) is 13.2 Å². The molecule has 0 aromatic carbocycles. The highest BCUT2D eigenvalue weighted by molar-refractivity contribution is 5.91. The van der Waals surface area contributed by atoms with Crippen LogP contribution >= 0.6 is 0 Å². The summed E-state index contributed by atoms with van der Waals surface area (Å²) in [7, 11) is 1.70. The molecule has 5 heteroatoms. The highest BCUT2D eigenvalue weighted by atomic mass is 16.3. The van der Waals surface area contributed by atoms with Crippen LogP contribution in [0.3, 0.4) is 0 Å². The molecule has 0 radical (unpaired) electrons. The lowest BCUT2D eigenvalue weighted by Crippen LogP contribution is -2.27. The van der Waals surface area contributed by atoms with Gasteiger partial charge in [0.05, 0.1) is 24.7 Å². The molecule has 5 nitrogen and oxygen atoms in total. The Bertz CT molecular complexity index is 491. The summed E-state index contributed by atoms with van der Waals surface area (Å²) < 4.78 is 5.18. The van der Waals surface area contributed by atoms with E-state index in [2.05, 4.69) is 9.97 Å². The lowest BCUT2D eigenvalue weighted by molar-refractivity contribution is 0.0769. The van der Waals surface area contributed by atoms with Gasteiger partial charge in [-0.15, -0.1) is 0 Å². The smallest absolute Gasteiger partial charge is 0.274 e. The molecule has 0 aliphatic rings. The molecule has 0 bridgehead atoms. The minimum absolute atomic E-state index is 0.172. The van der Waals surface area contributed by atoms with E-state index in [9.17, 15) is 4.79 Å². The fourth-order valence-electron chi connectivity index (χ4n) is 1.41. The Hall–Kier alpha value is -2.17. The van der Waals surface area contributed by atoms with E-state index in [1.165, 1.54) is 11.1 Å². The molecule has 0 spiro atoms. The molecule has 0 fully saturated rings. The Kier molecular flexibility index (Phi) is 3.18. The Morgan fingerprint density at radius 2 is 2.24 bits per heavy atom. The van der Waals surface area contributed by atoms with Crippen molar-refractivity contribution in [2.24, 2.45) is 0 Å². The zero-order valence-electron chi connectivity index (χ0n) is 9.75. The third-order valence-electron chi connectivity index (χ3n) is 2.32. The van der Waals surface area contributed by atoms with Gasteiger partial charge in [0.25, 0.3) is 5.91 Å². The van der Waals surface area contributed by atoms with Crippen LogP contribution in [0.5, 0.6) is 0 Å². The molecule has 2 aromatic heterocycles. The largest absolute Gasteiger partial charge is 0.467 e. The van der Waals surface area contributed by atoms with Crippen molar-refractivity contribution in [1.82, 2.24) is 14.9 Å². The predicted molar refractivity (Wildman–Crippen MR) is 61.3 cm³/mol. The Morgan fingerprint density at radius 3 is 2.82 bits per heavy atom. The zero-order valence-corrected chi connectivity index (χ0v) is 9.75. The quantitative estimate of drug-likeness (QED) is 0.805. The third-order valence-corrected chi connectivity index (χ3v) is 2.32. The average molecular weight is 231 g/mol. The monoisotopic (exact) mass is 231 g/mol. The summed E-state index contributed by atoms with van der Waals surface area (Å²) in [5.41, 5.74) is 1.12. The molecule has 88 valence electrons. The molecular formula is C12H13N3O2. The Labute approximate surface area is 99.1 Å². The molecule has 2 aromatic rings. The molecule has 0 saturated carbocycles.